The van der Waals surface area contributed by atoms with E-state index in [9.17, 15) is 30.6 Å². The molecule has 3 aromatic carbocycles. The molecule has 0 radical (unpaired) electrons. The van der Waals surface area contributed by atoms with E-state index in [4.69, 9.17) is 17.5 Å². The van der Waals surface area contributed by atoms with E-state index in [0.717, 1.165) is 115 Å². The van der Waals surface area contributed by atoms with Crippen molar-refractivity contribution in [2.24, 2.45) is 23.7 Å². The zero-order valence-corrected chi connectivity index (χ0v) is 51.0. The third kappa shape index (κ3) is 8.79. The minimum Gasteiger partial charge on any atom is -0.298 e. The molecule has 0 amide bonds. The van der Waals surface area contributed by atoms with Crippen molar-refractivity contribution in [3.63, 3.8) is 0 Å². The van der Waals surface area contributed by atoms with Crippen LogP contribution < -0.4 is 29.5 Å². The van der Waals surface area contributed by atoms with Crippen LogP contribution in [0, 0.1) is 69.0 Å². The SMILES string of the molecule is CCn1c(=C(C#N)C#N)s/c(=C\c2ccc(-c3cc4c(s3)-c3cc5c(cc3C4(CC(C)C)CC(C)C)-c3sc(-c4ccc(/C=c6\sc(=C(C#N)C#N)n(CC)c6=O)c6nsnc46)cc3C5(CC(C)C)CC(C)C)c3nsnc23)c1=O. The Morgan fingerprint density at radius 1 is 0.500 bits per heavy atom. The van der Waals surface area contributed by atoms with Gasteiger partial charge in [0.2, 0.25) is 0 Å². The number of benzene rings is 3. The van der Waals surface area contributed by atoms with Crippen molar-refractivity contribution in [2.45, 2.75) is 119 Å². The quantitative estimate of drug-likeness (QED) is 0.101. The number of rotatable bonds is 14. The van der Waals surface area contributed by atoms with Gasteiger partial charge in [-0.1, -0.05) is 79.7 Å². The maximum Gasteiger partial charge on any atom is 0.269 e. The summed E-state index contributed by atoms with van der Waals surface area (Å²) in [5, 5.41) is 38.7. The van der Waals surface area contributed by atoms with Gasteiger partial charge in [0.15, 0.2) is 11.1 Å². The van der Waals surface area contributed by atoms with Gasteiger partial charge in [-0.15, -0.1) is 45.3 Å². The Morgan fingerprint density at radius 2 is 0.850 bits per heavy atom. The van der Waals surface area contributed by atoms with Gasteiger partial charge >= 0.3 is 0 Å². The second-order valence-corrected chi connectivity index (χ2v) is 27.9. The third-order valence-electron chi connectivity index (χ3n) is 15.5. The monoisotopic (exact) mass is 1160 g/mol. The van der Waals surface area contributed by atoms with E-state index in [-0.39, 0.29) is 33.1 Å². The molecular weight excluding hydrogens is 1110 g/mol. The lowest BCUT2D eigenvalue weighted by Crippen LogP contribution is -2.31. The first-order chi connectivity index (χ1) is 38.4. The van der Waals surface area contributed by atoms with Crippen molar-refractivity contribution < 1.29 is 0 Å². The predicted octanol–water partition coefficient (Wildman–Crippen LogP) is 12.4. The normalized spacial score (nSPS) is 14.3. The molecule has 2 aliphatic carbocycles. The van der Waals surface area contributed by atoms with Crippen molar-refractivity contribution in [1.29, 1.82) is 21.0 Å². The van der Waals surface area contributed by atoms with E-state index in [2.05, 4.69) is 91.8 Å². The molecule has 0 unspecified atom stereocenters. The second-order valence-electron chi connectivity index (χ2n) is 22.7. The molecule has 18 heteroatoms. The summed E-state index contributed by atoms with van der Waals surface area (Å²) in [5.74, 6) is 1.60. The smallest absolute Gasteiger partial charge is 0.269 e. The molecule has 0 fully saturated rings. The number of nitrogens with zero attached hydrogens (tertiary/aromatic N) is 10. The number of hydrogen-bond donors (Lipinski definition) is 0. The summed E-state index contributed by atoms with van der Waals surface area (Å²) >= 11 is 8.30. The summed E-state index contributed by atoms with van der Waals surface area (Å²) in [6.07, 6.45) is 7.56. The van der Waals surface area contributed by atoms with E-state index < -0.39 is 0 Å². The summed E-state index contributed by atoms with van der Waals surface area (Å²) in [4.78, 5) is 32.2. The van der Waals surface area contributed by atoms with Crippen molar-refractivity contribution in [2.75, 3.05) is 0 Å². The molecule has 402 valence electrons. The molecule has 80 heavy (non-hydrogen) atoms. The first-order valence-corrected chi connectivity index (χ1v) is 31.7. The molecule has 0 aliphatic heterocycles. The lowest BCUT2D eigenvalue weighted by Gasteiger charge is -2.37. The zero-order chi connectivity index (χ0) is 56.7. The molecule has 6 aromatic heterocycles. The highest BCUT2D eigenvalue weighted by Crippen LogP contribution is 2.65. The second kappa shape index (κ2) is 21.1. The highest BCUT2D eigenvalue weighted by Gasteiger charge is 2.51. The third-order valence-corrected chi connectivity index (χ3v) is 21.2. The first kappa shape index (κ1) is 54.9. The molecule has 2 aliphatic rings. The average molecular weight is 1170 g/mol. The number of thiophene rings is 2. The topological polar surface area (TPSA) is 191 Å². The average Bonchev–Trinajstić information content (AvgIpc) is 4.17. The van der Waals surface area contributed by atoms with Crippen LogP contribution in [0.3, 0.4) is 0 Å². The number of hydrogen-bond acceptors (Lipinski definition) is 16. The van der Waals surface area contributed by atoms with Gasteiger partial charge in [-0.3, -0.25) is 18.7 Å². The highest BCUT2D eigenvalue weighted by molar-refractivity contribution is 7.20. The van der Waals surface area contributed by atoms with Gasteiger partial charge in [0.05, 0.1) is 32.5 Å². The molecule has 0 saturated heterocycles. The van der Waals surface area contributed by atoms with E-state index in [0.29, 0.717) is 66.2 Å². The van der Waals surface area contributed by atoms with Crippen LogP contribution in [0.15, 0.2) is 58.1 Å². The Morgan fingerprint density at radius 3 is 1.18 bits per heavy atom. The van der Waals surface area contributed by atoms with E-state index in [1.165, 1.54) is 52.3 Å². The van der Waals surface area contributed by atoms with Gasteiger partial charge in [-0.2, -0.15) is 38.5 Å². The number of thiazole rings is 2. The number of aromatic nitrogens is 6. The van der Waals surface area contributed by atoms with Crippen LogP contribution >= 0.6 is 68.8 Å². The fraction of sp³-hybridized carbons (Fsp3) is 0.355. The summed E-state index contributed by atoms with van der Waals surface area (Å²) in [6.45, 7) is 23.1. The largest absolute Gasteiger partial charge is 0.298 e. The van der Waals surface area contributed by atoms with Crippen LogP contribution in [0.25, 0.3) is 87.1 Å². The van der Waals surface area contributed by atoms with Crippen LogP contribution in [0.4, 0.5) is 0 Å². The predicted molar refractivity (Wildman–Crippen MR) is 329 cm³/mol. The Balaban J connectivity index is 1.08. The molecule has 6 heterocycles. The molecular formula is C62H56N10O2S6. The van der Waals surface area contributed by atoms with Crippen molar-refractivity contribution in [3.8, 4) is 66.0 Å². The number of nitriles is 4. The van der Waals surface area contributed by atoms with Crippen molar-refractivity contribution in [1.82, 2.24) is 26.6 Å². The lowest BCUT2D eigenvalue weighted by atomic mass is 9.66. The number of fused-ring (bicyclic) bond motifs is 8. The van der Waals surface area contributed by atoms with E-state index in [1.807, 2.05) is 85.1 Å². The van der Waals surface area contributed by atoms with Gasteiger partial charge in [0.1, 0.15) is 55.7 Å². The first-order valence-electron chi connectivity index (χ1n) is 27.0. The van der Waals surface area contributed by atoms with Gasteiger partial charge in [-0.05, 0) is 133 Å². The molecule has 0 saturated carbocycles. The van der Waals surface area contributed by atoms with E-state index >= 15 is 0 Å². The van der Waals surface area contributed by atoms with Crippen LogP contribution in [-0.2, 0) is 23.9 Å². The maximum atomic E-state index is 13.7. The molecule has 11 rings (SSSR count). The van der Waals surface area contributed by atoms with Gasteiger partial charge in [0, 0.05) is 65.7 Å². The van der Waals surface area contributed by atoms with Gasteiger partial charge in [-0.25, -0.2) is 0 Å². The summed E-state index contributed by atoms with van der Waals surface area (Å²) in [7, 11) is 0. The van der Waals surface area contributed by atoms with Crippen molar-refractivity contribution in [3.05, 3.63) is 121 Å². The Bertz CT molecular complexity index is 4270. The summed E-state index contributed by atoms with van der Waals surface area (Å²) < 4.78 is 24.0. The Kier molecular flexibility index (Phi) is 14.5. The zero-order valence-electron chi connectivity index (χ0n) is 46.1. The molecule has 0 atom stereocenters. The van der Waals surface area contributed by atoms with Crippen molar-refractivity contribution >= 4 is 114 Å². The molecule has 0 spiro atoms. The Hall–Kier alpha value is -7.00. The lowest BCUT2D eigenvalue weighted by molar-refractivity contribution is 0.335. The molecule has 12 nitrogen and oxygen atoms in total. The Labute approximate surface area is 487 Å². The van der Waals surface area contributed by atoms with Crippen LogP contribution in [0.2, 0.25) is 0 Å². The maximum absolute atomic E-state index is 13.7. The van der Waals surface area contributed by atoms with Crippen LogP contribution in [0.1, 0.15) is 128 Å². The van der Waals surface area contributed by atoms with Crippen LogP contribution in [-0.4, -0.2) is 26.6 Å². The van der Waals surface area contributed by atoms with Crippen LogP contribution in [0.5, 0.6) is 0 Å². The van der Waals surface area contributed by atoms with Gasteiger partial charge in [0.25, 0.3) is 11.1 Å². The fourth-order valence-electron chi connectivity index (χ4n) is 13.0. The molecule has 0 N–H and O–H groups in total. The standard InChI is InChI=1S/C62H56N10O2S6/c1-11-71-57(73)49(77-59(71)37(27-63)28-64)17-35-13-15-39(53-51(35)67-79-69-53)47-21-45-55(75-47)41-19-44-42(20-43(41)61(45,23-31(3)4)24-32(5)6)56-46(62(44,25-33(7)8)26-34(9)10)22-48(76-56)40-16-14-36(52-54(40)70-80-68-52)18-50-58(74)72(12-2)60(78-50)38(29-65)30-66/h13-22,31-34H,11-12,23-26H2,1-10H3/b49-17-,50-18-. The minimum atomic E-state index is -0.262. The molecule has 0 bridgehead atoms. The fourth-order valence-corrected chi connectivity index (χ4v) is 19.0. The summed E-state index contributed by atoms with van der Waals surface area (Å²) in [6, 6.07) is 26.2. The molecule has 9 aromatic rings. The van der Waals surface area contributed by atoms with E-state index in [1.54, 1.807) is 0 Å². The summed E-state index contributed by atoms with van der Waals surface area (Å²) in [5.41, 5.74) is 13.5. The minimum absolute atomic E-state index is 0.0827. The van der Waals surface area contributed by atoms with Gasteiger partial charge < -0.3 is 0 Å². The highest BCUT2D eigenvalue weighted by atomic mass is 32.1.